The second-order valence-electron chi connectivity index (χ2n) is 4.13. The molecule has 1 rings (SSSR count). The fraction of sp³-hybridized carbons (Fsp3) is 0.462. The van der Waals surface area contributed by atoms with Crippen molar-refractivity contribution >= 4 is 23.2 Å². The van der Waals surface area contributed by atoms with Crippen LogP contribution in [0.3, 0.4) is 0 Å². The Labute approximate surface area is 108 Å². The van der Waals surface area contributed by atoms with E-state index in [1.165, 1.54) is 0 Å². The Kier molecular flexibility index (Phi) is 6.01. The highest BCUT2D eigenvalue weighted by atomic mass is 35.5. The summed E-state index contributed by atoms with van der Waals surface area (Å²) in [4.78, 5) is 11.6. The molecule has 0 saturated heterocycles. The molecular weight excluding hydrogens is 236 g/mol. The molecule has 2 N–H and O–H groups in total. The Hall–Kier alpha value is -1.06. The Morgan fingerprint density at radius 3 is 2.59 bits per heavy atom. The zero-order valence-corrected chi connectivity index (χ0v) is 11.1. The van der Waals surface area contributed by atoms with Gasteiger partial charge in [-0.2, -0.15) is 0 Å². The average molecular weight is 255 g/mol. The first-order valence-electron chi connectivity index (χ1n) is 5.90. The standard InChI is InChI=1S/C13H19ClN2O/c1-3-4-10(2)15-9-13(17)16-12-7-5-11(14)6-8-12/h5-8,10,15H,3-4,9H2,1-2H3,(H,16,17). The van der Waals surface area contributed by atoms with E-state index in [-0.39, 0.29) is 5.91 Å². The summed E-state index contributed by atoms with van der Waals surface area (Å²) in [5.41, 5.74) is 0.768. The molecule has 1 aromatic carbocycles. The van der Waals surface area contributed by atoms with Crippen LogP contribution in [0.2, 0.25) is 5.02 Å². The molecule has 0 aliphatic carbocycles. The fourth-order valence-corrected chi connectivity index (χ4v) is 1.67. The van der Waals surface area contributed by atoms with Gasteiger partial charge in [0.25, 0.3) is 0 Å². The summed E-state index contributed by atoms with van der Waals surface area (Å²) in [6.07, 6.45) is 2.20. The number of amides is 1. The lowest BCUT2D eigenvalue weighted by atomic mass is 10.2. The van der Waals surface area contributed by atoms with Crippen molar-refractivity contribution in [2.75, 3.05) is 11.9 Å². The number of hydrogen-bond acceptors (Lipinski definition) is 2. The van der Waals surface area contributed by atoms with Gasteiger partial charge in [-0.3, -0.25) is 4.79 Å². The number of carbonyl (C=O) groups is 1. The van der Waals surface area contributed by atoms with Crippen LogP contribution in [0.1, 0.15) is 26.7 Å². The number of benzene rings is 1. The summed E-state index contributed by atoms with van der Waals surface area (Å²) in [5.74, 6) is -0.0322. The largest absolute Gasteiger partial charge is 0.325 e. The third-order valence-corrected chi connectivity index (χ3v) is 2.71. The van der Waals surface area contributed by atoms with Crippen molar-refractivity contribution in [3.8, 4) is 0 Å². The lowest BCUT2D eigenvalue weighted by molar-refractivity contribution is -0.115. The van der Waals surface area contributed by atoms with Gasteiger partial charge in [-0.1, -0.05) is 24.9 Å². The van der Waals surface area contributed by atoms with E-state index in [0.717, 1.165) is 18.5 Å². The highest BCUT2D eigenvalue weighted by Crippen LogP contribution is 2.12. The van der Waals surface area contributed by atoms with Crippen LogP contribution >= 0.6 is 11.6 Å². The van der Waals surface area contributed by atoms with Gasteiger partial charge < -0.3 is 10.6 Å². The van der Waals surface area contributed by atoms with E-state index in [2.05, 4.69) is 24.5 Å². The lowest BCUT2D eigenvalue weighted by Gasteiger charge is -2.12. The van der Waals surface area contributed by atoms with Gasteiger partial charge in [0.2, 0.25) is 5.91 Å². The van der Waals surface area contributed by atoms with Crippen molar-refractivity contribution in [1.82, 2.24) is 5.32 Å². The zero-order chi connectivity index (χ0) is 12.7. The van der Waals surface area contributed by atoms with E-state index >= 15 is 0 Å². The van der Waals surface area contributed by atoms with Gasteiger partial charge in [0, 0.05) is 16.8 Å². The van der Waals surface area contributed by atoms with E-state index in [9.17, 15) is 4.79 Å². The van der Waals surface area contributed by atoms with Gasteiger partial charge in [-0.15, -0.1) is 0 Å². The van der Waals surface area contributed by atoms with Gasteiger partial charge >= 0.3 is 0 Å². The molecule has 1 unspecified atom stereocenters. The smallest absolute Gasteiger partial charge is 0.238 e. The van der Waals surface area contributed by atoms with Crippen molar-refractivity contribution in [1.29, 1.82) is 0 Å². The molecule has 0 radical (unpaired) electrons. The summed E-state index contributed by atoms with van der Waals surface area (Å²) in [5, 5.41) is 6.65. The predicted octanol–water partition coefficient (Wildman–Crippen LogP) is 3.06. The first-order valence-corrected chi connectivity index (χ1v) is 6.28. The average Bonchev–Trinajstić information content (AvgIpc) is 2.30. The molecule has 0 fully saturated rings. The predicted molar refractivity (Wildman–Crippen MR) is 72.5 cm³/mol. The normalized spacial score (nSPS) is 12.2. The summed E-state index contributed by atoms with van der Waals surface area (Å²) in [6, 6.07) is 7.45. The Balaban J connectivity index is 2.32. The molecule has 17 heavy (non-hydrogen) atoms. The minimum absolute atomic E-state index is 0.0322. The number of nitrogens with one attached hydrogen (secondary N) is 2. The number of rotatable bonds is 6. The molecule has 1 atom stereocenters. The van der Waals surface area contributed by atoms with Crippen LogP contribution in [0.25, 0.3) is 0 Å². The summed E-state index contributed by atoms with van der Waals surface area (Å²) in [6.45, 7) is 4.55. The van der Waals surface area contributed by atoms with Crippen LogP contribution in [-0.4, -0.2) is 18.5 Å². The van der Waals surface area contributed by atoms with Crippen LogP contribution in [0, 0.1) is 0 Å². The van der Waals surface area contributed by atoms with Crippen LogP contribution in [-0.2, 0) is 4.79 Å². The van der Waals surface area contributed by atoms with Crippen molar-refractivity contribution < 1.29 is 4.79 Å². The molecule has 0 aliphatic rings. The van der Waals surface area contributed by atoms with E-state index in [0.29, 0.717) is 17.6 Å². The lowest BCUT2D eigenvalue weighted by Crippen LogP contribution is -2.34. The van der Waals surface area contributed by atoms with Crippen LogP contribution < -0.4 is 10.6 Å². The van der Waals surface area contributed by atoms with Crippen molar-refractivity contribution in [3.05, 3.63) is 29.3 Å². The van der Waals surface area contributed by atoms with E-state index in [4.69, 9.17) is 11.6 Å². The van der Waals surface area contributed by atoms with Crippen molar-refractivity contribution in [2.24, 2.45) is 0 Å². The minimum atomic E-state index is -0.0322. The Bertz CT molecular complexity index is 351. The van der Waals surface area contributed by atoms with Gasteiger partial charge in [0.15, 0.2) is 0 Å². The second-order valence-corrected chi connectivity index (χ2v) is 4.56. The van der Waals surface area contributed by atoms with Crippen molar-refractivity contribution in [3.63, 3.8) is 0 Å². The maximum atomic E-state index is 11.6. The van der Waals surface area contributed by atoms with Crippen LogP contribution in [0.4, 0.5) is 5.69 Å². The van der Waals surface area contributed by atoms with Crippen molar-refractivity contribution in [2.45, 2.75) is 32.7 Å². The molecule has 1 aromatic rings. The molecule has 4 heteroatoms. The van der Waals surface area contributed by atoms with E-state index < -0.39 is 0 Å². The zero-order valence-electron chi connectivity index (χ0n) is 10.3. The number of carbonyl (C=O) groups excluding carboxylic acids is 1. The quantitative estimate of drug-likeness (QED) is 0.819. The Morgan fingerprint density at radius 2 is 2.00 bits per heavy atom. The number of hydrogen-bond donors (Lipinski definition) is 2. The molecule has 0 saturated carbocycles. The molecule has 94 valence electrons. The van der Waals surface area contributed by atoms with E-state index in [1.54, 1.807) is 24.3 Å². The molecule has 0 spiro atoms. The number of halogens is 1. The highest BCUT2D eigenvalue weighted by molar-refractivity contribution is 6.30. The Morgan fingerprint density at radius 1 is 1.35 bits per heavy atom. The molecule has 3 nitrogen and oxygen atoms in total. The van der Waals surface area contributed by atoms with Gasteiger partial charge in [0.1, 0.15) is 0 Å². The van der Waals surface area contributed by atoms with Gasteiger partial charge in [-0.05, 0) is 37.6 Å². The van der Waals surface area contributed by atoms with Crippen LogP contribution in [0.5, 0.6) is 0 Å². The monoisotopic (exact) mass is 254 g/mol. The molecule has 0 heterocycles. The molecule has 0 aliphatic heterocycles. The second kappa shape index (κ2) is 7.30. The first-order chi connectivity index (χ1) is 8.11. The van der Waals surface area contributed by atoms with E-state index in [1.807, 2.05) is 0 Å². The van der Waals surface area contributed by atoms with Gasteiger partial charge in [-0.25, -0.2) is 0 Å². The minimum Gasteiger partial charge on any atom is -0.325 e. The SMILES string of the molecule is CCCC(C)NCC(=O)Nc1ccc(Cl)cc1. The molecule has 1 amide bonds. The molecular formula is C13H19ClN2O. The summed E-state index contributed by atoms with van der Waals surface area (Å²) < 4.78 is 0. The van der Waals surface area contributed by atoms with Crippen LogP contribution in [0.15, 0.2) is 24.3 Å². The third kappa shape index (κ3) is 5.71. The fourth-order valence-electron chi connectivity index (χ4n) is 1.54. The van der Waals surface area contributed by atoms with Gasteiger partial charge in [0.05, 0.1) is 6.54 Å². The third-order valence-electron chi connectivity index (χ3n) is 2.46. The highest BCUT2D eigenvalue weighted by Gasteiger charge is 2.05. The molecule has 0 bridgehead atoms. The maximum Gasteiger partial charge on any atom is 0.238 e. The first kappa shape index (κ1) is 14.0. The molecule has 0 aromatic heterocycles. The number of anilines is 1. The maximum absolute atomic E-state index is 11.6. The topological polar surface area (TPSA) is 41.1 Å². The summed E-state index contributed by atoms with van der Waals surface area (Å²) >= 11 is 5.76. The summed E-state index contributed by atoms with van der Waals surface area (Å²) in [7, 11) is 0.